The van der Waals surface area contributed by atoms with E-state index in [4.69, 9.17) is 11.6 Å². The zero-order valence-electron chi connectivity index (χ0n) is 7.47. The van der Waals surface area contributed by atoms with Crippen LogP contribution >= 0.6 is 11.6 Å². The molecule has 13 heavy (non-hydrogen) atoms. The first kappa shape index (κ1) is 8.85. The molecule has 2 nitrogen and oxygen atoms in total. The van der Waals surface area contributed by atoms with Gasteiger partial charge < -0.3 is 10.4 Å². The standard InChI is InChI=1S/C10H12ClNO/c1-6-9(11)3-2-8(10(6)13)7-4-12-5-7/h2-3,7,12-13H,4-5H2,1H3. The minimum Gasteiger partial charge on any atom is -0.507 e. The molecule has 0 radical (unpaired) electrons. The van der Waals surface area contributed by atoms with Crippen molar-refractivity contribution in [2.45, 2.75) is 12.8 Å². The van der Waals surface area contributed by atoms with Crippen molar-refractivity contribution < 1.29 is 5.11 Å². The molecule has 70 valence electrons. The van der Waals surface area contributed by atoms with Gasteiger partial charge in [0.05, 0.1) is 0 Å². The lowest BCUT2D eigenvalue weighted by atomic mass is 9.91. The summed E-state index contributed by atoms with van der Waals surface area (Å²) >= 11 is 5.88. The average molecular weight is 198 g/mol. The van der Waals surface area contributed by atoms with Gasteiger partial charge in [-0.05, 0) is 18.6 Å². The Morgan fingerprint density at radius 1 is 1.46 bits per heavy atom. The Kier molecular flexibility index (Phi) is 2.18. The molecular weight excluding hydrogens is 186 g/mol. The highest BCUT2D eigenvalue weighted by Crippen LogP contribution is 2.34. The quantitative estimate of drug-likeness (QED) is 0.722. The van der Waals surface area contributed by atoms with Crippen LogP contribution in [-0.4, -0.2) is 18.2 Å². The third-order valence-electron chi connectivity index (χ3n) is 2.62. The summed E-state index contributed by atoms with van der Waals surface area (Å²) in [6, 6.07) is 3.76. The molecule has 0 amide bonds. The highest BCUT2D eigenvalue weighted by molar-refractivity contribution is 6.31. The number of aromatic hydroxyl groups is 1. The van der Waals surface area contributed by atoms with E-state index in [-0.39, 0.29) is 0 Å². The van der Waals surface area contributed by atoms with Gasteiger partial charge in [0, 0.05) is 29.6 Å². The fourth-order valence-corrected chi connectivity index (χ4v) is 1.69. The van der Waals surface area contributed by atoms with E-state index in [1.807, 2.05) is 19.1 Å². The van der Waals surface area contributed by atoms with E-state index in [9.17, 15) is 5.11 Å². The lowest BCUT2D eigenvalue weighted by molar-refractivity contribution is 0.411. The van der Waals surface area contributed by atoms with Gasteiger partial charge in [-0.15, -0.1) is 0 Å². The summed E-state index contributed by atoms with van der Waals surface area (Å²) in [6.45, 7) is 3.75. The highest BCUT2D eigenvalue weighted by atomic mass is 35.5. The molecule has 1 heterocycles. The van der Waals surface area contributed by atoms with Gasteiger partial charge in [-0.3, -0.25) is 0 Å². The SMILES string of the molecule is Cc1c(Cl)ccc(C2CNC2)c1O. The molecule has 1 aliphatic rings. The molecule has 0 bridgehead atoms. The van der Waals surface area contributed by atoms with Gasteiger partial charge in [0.2, 0.25) is 0 Å². The zero-order chi connectivity index (χ0) is 9.42. The first-order valence-corrected chi connectivity index (χ1v) is 4.76. The van der Waals surface area contributed by atoms with Crippen molar-refractivity contribution in [3.8, 4) is 5.75 Å². The molecule has 0 unspecified atom stereocenters. The molecule has 0 aromatic heterocycles. The predicted molar refractivity (Wildman–Crippen MR) is 53.5 cm³/mol. The summed E-state index contributed by atoms with van der Waals surface area (Å²) in [5, 5.41) is 13.6. The molecule has 1 aromatic rings. The van der Waals surface area contributed by atoms with Crippen molar-refractivity contribution in [3.05, 3.63) is 28.3 Å². The summed E-state index contributed by atoms with van der Waals surface area (Å²) in [4.78, 5) is 0. The number of benzene rings is 1. The lowest BCUT2D eigenvalue weighted by Crippen LogP contribution is -2.39. The first-order chi connectivity index (χ1) is 6.20. The van der Waals surface area contributed by atoms with Gasteiger partial charge in [0.25, 0.3) is 0 Å². The summed E-state index contributed by atoms with van der Waals surface area (Å²) in [5.41, 5.74) is 1.80. The highest BCUT2D eigenvalue weighted by Gasteiger charge is 2.22. The second kappa shape index (κ2) is 3.20. The average Bonchev–Trinajstić information content (AvgIpc) is 2.03. The second-order valence-corrected chi connectivity index (χ2v) is 3.87. The number of phenolic OH excluding ortho intramolecular Hbond substituents is 1. The maximum atomic E-state index is 9.80. The van der Waals surface area contributed by atoms with E-state index in [1.165, 1.54) is 0 Å². The van der Waals surface area contributed by atoms with Crippen LogP contribution in [0.2, 0.25) is 5.02 Å². The summed E-state index contributed by atoms with van der Waals surface area (Å²) < 4.78 is 0. The maximum Gasteiger partial charge on any atom is 0.123 e. The van der Waals surface area contributed by atoms with Crippen LogP contribution in [0.1, 0.15) is 17.0 Å². The topological polar surface area (TPSA) is 32.3 Å². The van der Waals surface area contributed by atoms with Crippen molar-refractivity contribution in [3.63, 3.8) is 0 Å². The van der Waals surface area contributed by atoms with Gasteiger partial charge in [-0.1, -0.05) is 17.7 Å². The van der Waals surface area contributed by atoms with E-state index in [1.54, 1.807) is 0 Å². The monoisotopic (exact) mass is 197 g/mol. The fourth-order valence-electron chi connectivity index (χ4n) is 1.53. The third-order valence-corrected chi connectivity index (χ3v) is 3.03. The van der Waals surface area contributed by atoms with Crippen LogP contribution in [0.3, 0.4) is 0 Å². The number of rotatable bonds is 1. The van der Waals surface area contributed by atoms with Crippen LogP contribution in [0.5, 0.6) is 5.75 Å². The van der Waals surface area contributed by atoms with Crippen molar-refractivity contribution in [1.82, 2.24) is 5.32 Å². The molecule has 3 heteroatoms. The first-order valence-electron chi connectivity index (χ1n) is 4.39. The second-order valence-electron chi connectivity index (χ2n) is 3.47. The number of halogens is 1. The fraction of sp³-hybridized carbons (Fsp3) is 0.400. The van der Waals surface area contributed by atoms with Gasteiger partial charge in [0.15, 0.2) is 0 Å². The van der Waals surface area contributed by atoms with Gasteiger partial charge in [-0.2, -0.15) is 0 Å². The molecule has 2 N–H and O–H groups in total. The summed E-state index contributed by atoms with van der Waals surface area (Å²) in [6.07, 6.45) is 0. The van der Waals surface area contributed by atoms with Crippen LogP contribution in [0, 0.1) is 6.92 Å². The van der Waals surface area contributed by atoms with Crippen LogP contribution in [0.15, 0.2) is 12.1 Å². The van der Waals surface area contributed by atoms with Crippen LogP contribution in [-0.2, 0) is 0 Å². The van der Waals surface area contributed by atoms with Crippen LogP contribution in [0.25, 0.3) is 0 Å². The van der Waals surface area contributed by atoms with Crippen molar-refractivity contribution in [2.75, 3.05) is 13.1 Å². The Hall–Kier alpha value is -0.730. The van der Waals surface area contributed by atoms with Crippen molar-refractivity contribution >= 4 is 11.6 Å². The molecule has 1 saturated heterocycles. The van der Waals surface area contributed by atoms with Crippen LogP contribution < -0.4 is 5.32 Å². The number of hydrogen-bond donors (Lipinski definition) is 2. The Balaban J connectivity index is 2.41. The van der Waals surface area contributed by atoms with E-state index in [2.05, 4.69) is 5.32 Å². The molecule has 0 aliphatic carbocycles. The largest absolute Gasteiger partial charge is 0.507 e. The van der Waals surface area contributed by atoms with Gasteiger partial charge in [0.1, 0.15) is 5.75 Å². The number of nitrogens with one attached hydrogen (secondary N) is 1. The number of hydrogen-bond acceptors (Lipinski definition) is 2. The molecule has 1 aromatic carbocycles. The van der Waals surface area contributed by atoms with Gasteiger partial charge >= 0.3 is 0 Å². The molecule has 1 aliphatic heterocycles. The van der Waals surface area contributed by atoms with Crippen molar-refractivity contribution in [1.29, 1.82) is 0 Å². The Morgan fingerprint density at radius 3 is 2.69 bits per heavy atom. The molecule has 1 fully saturated rings. The summed E-state index contributed by atoms with van der Waals surface area (Å²) in [7, 11) is 0. The van der Waals surface area contributed by atoms with E-state index in [0.29, 0.717) is 16.7 Å². The zero-order valence-corrected chi connectivity index (χ0v) is 8.23. The molecule has 2 rings (SSSR count). The predicted octanol–water partition coefficient (Wildman–Crippen LogP) is 2.04. The van der Waals surface area contributed by atoms with Gasteiger partial charge in [-0.25, -0.2) is 0 Å². The maximum absolute atomic E-state index is 9.80. The molecular formula is C10H12ClNO. The molecule has 0 atom stereocenters. The number of phenols is 1. The van der Waals surface area contributed by atoms with Crippen molar-refractivity contribution in [2.24, 2.45) is 0 Å². The minimum atomic E-state index is 0.360. The van der Waals surface area contributed by atoms with Crippen LogP contribution in [0.4, 0.5) is 0 Å². The van der Waals surface area contributed by atoms with E-state index < -0.39 is 0 Å². The third kappa shape index (κ3) is 1.40. The summed E-state index contributed by atoms with van der Waals surface area (Å²) in [5.74, 6) is 0.815. The molecule has 0 saturated carbocycles. The van der Waals surface area contributed by atoms with E-state index in [0.717, 1.165) is 24.2 Å². The lowest BCUT2D eigenvalue weighted by Gasteiger charge is -2.28. The molecule has 0 spiro atoms. The van der Waals surface area contributed by atoms with E-state index >= 15 is 0 Å². The minimum absolute atomic E-state index is 0.360. The normalized spacial score (nSPS) is 17.1. The Bertz CT molecular complexity index is 334. The Labute approximate surface area is 82.5 Å². The Morgan fingerprint density at radius 2 is 2.15 bits per heavy atom. The smallest absolute Gasteiger partial charge is 0.123 e.